The fourth-order valence-electron chi connectivity index (χ4n) is 6.43. The highest BCUT2D eigenvalue weighted by Crippen LogP contribution is 2.52. The lowest BCUT2D eigenvalue weighted by Crippen LogP contribution is -2.42. The molecular weight excluding hydrogens is 530 g/mol. The molecule has 0 saturated carbocycles. The van der Waals surface area contributed by atoms with E-state index in [2.05, 4.69) is 17.9 Å². The molecule has 1 aromatic heterocycles. The number of furan rings is 1. The van der Waals surface area contributed by atoms with Crippen molar-refractivity contribution in [1.82, 2.24) is 0 Å². The van der Waals surface area contributed by atoms with Crippen LogP contribution in [0.5, 0.6) is 0 Å². The van der Waals surface area contributed by atoms with Gasteiger partial charge < -0.3 is 19.0 Å². The van der Waals surface area contributed by atoms with E-state index in [9.17, 15) is 14.4 Å². The number of benzene rings is 2. The zero-order chi connectivity index (χ0) is 29.2. The van der Waals surface area contributed by atoms with Crippen LogP contribution in [0.4, 0.5) is 17.3 Å². The molecule has 0 N–H and O–H groups in total. The molecule has 6 rings (SSSR count). The molecule has 42 heavy (non-hydrogen) atoms. The van der Waals surface area contributed by atoms with E-state index in [4.69, 9.17) is 9.15 Å². The second-order valence-electron chi connectivity index (χ2n) is 11.1. The summed E-state index contributed by atoms with van der Waals surface area (Å²) in [4.78, 5) is 46.2. The Morgan fingerprint density at radius 1 is 1.00 bits per heavy atom. The third-order valence-corrected chi connectivity index (χ3v) is 8.44. The van der Waals surface area contributed by atoms with E-state index in [0.717, 1.165) is 69.3 Å². The van der Waals surface area contributed by atoms with Gasteiger partial charge in [0.05, 0.1) is 30.6 Å². The number of para-hydroxylation sites is 2. The van der Waals surface area contributed by atoms with Crippen LogP contribution in [0.15, 0.2) is 65.1 Å². The molecule has 2 amide bonds. The topological polar surface area (TPSA) is 83.3 Å². The molecule has 2 aromatic carbocycles. The molecule has 0 spiro atoms. The van der Waals surface area contributed by atoms with Crippen molar-refractivity contribution in [2.75, 3.05) is 34.9 Å². The lowest BCUT2D eigenvalue weighted by molar-refractivity contribution is -0.121. The minimum absolute atomic E-state index is 0.0350. The van der Waals surface area contributed by atoms with E-state index in [-0.39, 0.29) is 18.2 Å². The number of esters is 1. The van der Waals surface area contributed by atoms with Crippen LogP contribution in [0.1, 0.15) is 74.4 Å². The SMILES string of the molecule is CCCCC/C=C1\c2oc(N3CCCCC3)c(C(=O)OC)c2-c2ccccc2N1C1CC(=O)N(c2ccccc2)C1=O. The van der Waals surface area contributed by atoms with Gasteiger partial charge in [-0.2, -0.15) is 0 Å². The van der Waals surface area contributed by atoms with Gasteiger partial charge in [-0.3, -0.25) is 9.59 Å². The van der Waals surface area contributed by atoms with E-state index in [1.54, 1.807) is 12.1 Å². The maximum atomic E-state index is 14.1. The molecule has 2 saturated heterocycles. The minimum Gasteiger partial charge on any atom is -0.465 e. The first-order chi connectivity index (χ1) is 20.5. The fourth-order valence-corrected chi connectivity index (χ4v) is 6.43. The van der Waals surface area contributed by atoms with Gasteiger partial charge in [0.15, 0.2) is 5.76 Å². The molecule has 3 aliphatic heterocycles. The number of ether oxygens (including phenoxy) is 1. The lowest BCUT2D eigenvalue weighted by Gasteiger charge is -2.36. The Labute approximate surface area is 246 Å². The number of amides is 2. The molecule has 1 unspecified atom stereocenters. The number of imide groups is 1. The zero-order valence-corrected chi connectivity index (χ0v) is 24.3. The van der Waals surface area contributed by atoms with Gasteiger partial charge in [-0.25, -0.2) is 9.69 Å². The fraction of sp³-hybridized carbons (Fsp3) is 0.382. The van der Waals surface area contributed by atoms with Crippen molar-refractivity contribution in [3.63, 3.8) is 0 Å². The molecular formula is C34H37N3O5. The number of fused-ring (bicyclic) bond motifs is 3. The second kappa shape index (κ2) is 11.9. The number of anilines is 3. The Morgan fingerprint density at radius 3 is 2.48 bits per heavy atom. The van der Waals surface area contributed by atoms with Crippen LogP contribution >= 0.6 is 0 Å². The van der Waals surface area contributed by atoms with Gasteiger partial charge in [0.2, 0.25) is 11.8 Å². The summed E-state index contributed by atoms with van der Waals surface area (Å²) in [6.45, 7) is 3.74. The highest BCUT2D eigenvalue weighted by atomic mass is 16.5. The summed E-state index contributed by atoms with van der Waals surface area (Å²) in [5.41, 5.74) is 3.93. The van der Waals surface area contributed by atoms with Crippen molar-refractivity contribution < 1.29 is 23.5 Å². The van der Waals surface area contributed by atoms with Crippen molar-refractivity contribution >= 4 is 40.7 Å². The molecule has 2 fully saturated rings. The monoisotopic (exact) mass is 567 g/mol. The number of rotatable bonds is 8. The van der Waals surface area contributed by atoms with Crippen molar-refractivity contribution in [1.29, 1.82) is 0 Å². The average Bonchev–Trinajstić information content (AvgIpc) is 3.57. The molecule has 0 bridgehead atoms. The van der Waals surface area contributed by atoms with Crippen LogP contribution < -0.4 is 14.7 Å². The van der Waals surface area contributed by atoms with Gasteiger partial charge >= 0.3 is 5.97 Å². The first-order valence-corrected chi connectivity index (χ1v) is 15.1. The summed E-state index contributed by atoms with van der Waals surface area (Å²) < 4.78 is 12.0. The Kier molecular flexibility index (Phi) is 7.87. The van der Waals surface area contributed by atoms with E-state index < -0.39 is 12.0 Å². The summed E-state index contributed by atoms with van der Waals surface area (Å²) in [5.74, 6) is 0.0944. The van der Waals surface area contributed by atoms with E-state index >= 15 is 0 Å². The standard InChI is InChI=1S/C34H37N3O5/c1-3-4-5-10-19-26-31-29(30(34(40)41-2)33(42-31)35-20-13-7-14-21-35)24-17-11-12-18-25(24)37(26)27-22-28(38)36(32(27)39)23-15-8-6-9-16-23/h6,8-9,11-12,15-19,27H,3-5,7,10,13-14,20-22H2,1-2H3/b26-19+. The molecule has 4 heterocycles. The second-order valence-corrected chi connectivity index (χ2v) is 11.1. The van der Waals surface area contributed by atoms with Gasteiger partial charge in [0, 0.05) is 24.2 Å². The zero-order valence-electron chi connectivity index (χ0n) is 24.3. The number of methoxy groups -OCH3 is 1. The molecule has 218 valence electrons. The van der Waals surface area contributed by atoms with E-state index in [0.29, 0.717) is 34.2 Å². The van der Waals surface area contributed by atoms with E-state index in [1.165, 1.54) is 12.0 Å². The van der Waals surface area contributed by atoms with Crippen molar-refractivity contribution in [3.8, 4) is 11.1 Å². The number of nitrogens with zero attached hydrogens (tertiary/aromatic N) is 3. The number of allylic oxidation sites excluding steroid dienone is 1. The van der Waals surface area contributed by atoms with E-state index in [1.807, 2.05) is 47.4 Å². The first kappa shape index (κ1) is 27.8. The largest absolute Gasteiger partial charge is 0.465 e. The average molecular weight is 568 g/mol. The molecule has 8 heteroatoms. The minimum atomic E-state index is -0.755. The number of carbonyl (C=O) groups is 3. The summed E-state index contributed by atoms with van der Waals surface area (Å²) in [5, 5.41) is 0. The van der Waals surface area contributed by atoms with Crippen LogP contribution in [0.2, 0.25) is 0 Å². The smallest absolute Gasteiger partial charge is 0.344 e. The number of unbranched alkanes of at least 4 members (excludes halogenated alkanes) is 3. The highest BCUT2D eigenvalue weighted by Gasteiger charge is 2.48. The van der Waals surface area contributed by atoms with Gasteiger partial charge in [0.25, 0.3) is 5.91 Å². The Morgan fingerprint density at radius 2 is 1.74 bits per heavy atom. The van der Waals surface area contributed by atoms with Crippen molar-refractivity contribution in [2.24, 2.45) is 0 Å². The van der Waals surface area contributed by atoms with Crippen LogP contribution in [-0.4, -0.2) is 44.0 Å². The number of hydrogen-bond donors (Lipinski definition) is 0. The number of hydrogen-bond acceptors (Lipinski definition) is 7. The summed E-state index contributed by atoms with van der Waals surface area (Å²) >= 11 is 0. The summed E-state index contributed by atoms with van der Waals surface area (Å²) in [6, 6.07) is 16.1. The first-order valence-electron chi connectivity index (χ1n) is 15.1. The third-order valence-electron chi connectivity index (χ3n) is 8.44. The van der Waals surface area contributed by atoms with Crippen molar-refractivity contribution in [2.45, 2.75) is 64.3 Å². The van der Waals surface area contributed by atoms with Crippen molar-refractivity contribution in [3.05, 3.63) is 72.0 Å². The van der Waals surface area contributed by atoms with Crippen LogP contribution in [0, 0.1) is 0 Å². The quantitative estimate of drug-likeness (QED) is 0.168. The Balaban J connectivity index is 1.53. The Bertz CT molecular complexity index is 1520. The molecule has 0 aliphatic carbocycles. The van der Waals surface area contributed by atoms with Gasteiger partial charge in [-0.15, -0.1) is 0 Å². The molecule has 8 nitrogen and oxygen atoms in total. The predicted octanol–water partition coefficient (Wildman–Crippen LogP) is 6.80. The molecule has 3 aliphatic rings. The normalized spacial score (nSPS) is 19.3. The molecule has 1 atom stereocenters. The number of carbonyl (C=O) groups excluding carboxylic acids is 3. The highest BCUT2D eigenvalue weighted by molar-refractivity contribution is 6.25. The third kappa shape index (κ3) is 4.78. The van der Waals surface area contributed by atoms with Gasteiger partial charge in [-0.05, 0) is 50.3 Å². The Hall–Kier alpha value is -4.33. The van der Waals surface area contributed by atoms with Gasteiger partial charge in [-0.1, -0.05) is 62.2 Å². The lowest BCUT2D eigenvalue weighted by atomic mass is 9.91. The van der Waals surface area contributed by atoms with Gasteiger partial charge in [0.1, 0.15) is 11.6 Å². The maximum Gasteiger partial charge on any atom is 0.344 e. The van der Waals surface area contributed by atoms with Crippen LogP contribution in [0.25, 0.3) is 16.8 Å². The molecule has 0 radical (unpaired) electrons. The van der Waals surface area contributed by atoms with Crippen LogP contribution in [-0.2, 0) is 14.3 Å². The number of piperidine rings is 1. The molecule has 3 aromatic rings. The maximum absolute atomic E-state index is 14.1. The summed E-state index contributed by atoms with van der Waals surface area (Å²) in [6.07, 6.45) is 9.21. The summed E-state index contributed by atoms with van der Waals surface area (Å²) in [7, 11) is 1.39. The van der Waals surface area contributed by atoms with Crippen LogP contribution in [0.3, 0.4) is 0 Å². The predicted molar refractivity (Wildman–Crippen MR) is 163 cm³/mol.